The Balaban J connectivity index is 1.57. The van der Waals surface area contributed by atoms with Gasteiger partial charge in [-0.2, -0.15) is 0 Å². The molecule has 31 heavy (non-hydrogen) atoms. The molecule has 4 unspecified atom stereocenters. The van der Waals surface area contributed by atoms with Crippen molar-refractivity contribution in [3.05, 3.63) is 100 Å². The monoisotopic (exact) mass is 407 g/mol. The highest BCUT2D eigenvalue weighted by atomic mass is 16.2. The van der Waals surface area contributed by atoms with Gasteiger partial charge in [0.15, 0.2) is 0 Å². The highest BCUT2D eigenvalue weighted by Gasteiger charge is 2.61. The third-order valence-corrected chi connectivity index (χ3v) is 7.49. The van der Waals surface area contributed by atoms with Gasteiger partial charge in [0.25, 0.3) is 0 Å². The number of carbonyl (C=O) groups excluding carboxylic acids is 2. The van der Waals surface area contributed by atoms with Gasteiger partial charge in [0.2, 0.25) is 11.8 Å². The maximum atomic E-state index is 13.8. The molecule has 0 aromatic heterocycles. The van der Waals surface area contributed by atoms with Gasteiger partial charge in [-0.25, -0.2) is 4.90 Å². The summed E-state index contributed by atoms with van der Waals surface area (Å²) >= 11 is 0. The summed E-state index contributed by atoms with van der Waals surface area (Å²) in [5, 5.41) is 0. The fourth-order valence-electron chi connectivity index (χ4n) is 6.13. The van der Waals surface area contributed by atoms with Gasteiger partial charge in [0, 0.05) is 11.8 Å². The van der Waals surface area contributed by atoms with Crippen LogP contribution in [0.4, 0.5) is 5.69 Å². The summed E-state index contributed by atoms with van der Waals surface area (Å²) < 4.78 is 0. The standard InChI is InChI=1S/C28H25NO2/c1-15(2)17-11-12-21-22(14-17)24-20-10-5-4-9-19(20)23(21)25-26(24)28(31)29(27(25)30)18-8-6-7-16(3)13-18/h4-15,23-26H,1-3H3. The quantitative estimate of drug-likeness (QED) is 0.525. The predicted octanol–water partition coefficient (Wildman–Crippen LogP) is 5.52. The summed E-state index contributed by atoms with van der Waals surface area (Å²) in [4.78, 5) is 29.0. The maximum absolute atomic E-state index is 13.8. The van der Waals surface area contributed by atoms with Gasteiger partial charge in [-0.15, -0.1) is 0 Å². The van der Waals surface area contributed by atoms with Crippen molar-refractivity contribution >= 4 is 17.5 Å². The Bertz CT molecular complexity index is 1260. The second-order valence-corrected chi connectivity index (χ2v) is 9.53. The molecule has 2 amide bonds. The molecule has 3 nitrogen and oxygen atoms in total. The van der Waals surface area contributed by atoms with Crippen LogP contribution in [0.3, 0.4) is 0 Å². The van der Waals surface area contributed by atoms with Crippen molar-refractivity contribution in [1.29, 1.82) is 0 Å². The molecule has 1 aliphatic heterocycles. The molecule has 7 rings (SSSR count). The number of imide groups is 1. The molecule has 3 aromatic rings. The smallest absolute Gasteiger partial charge is 0.238 e. The lowest BCUT2D eigenvalue weighted by Crippen LogP contribution is -2.41. The maximum Gasteiger partial charge on any atom is 0.238 e. The number of carbonyl (C=O) groups is 2. The van der Waals surface area contributed by atoms with Crippen LogP contribution in [0.15, 0.2) is 66.7 Å². The van der Waals surface area contributed by atoms with Crippen LogP contribution in [-0.4, -0.2) is 11.8 Å². The first-order valence-electron chi connectivity index (χ1n) is 11.1. The third-order valence-electron chi connectivity index (χ3n) is 7.49. The number of hydrogen-bond acceptors (Lipinski definition) is 2. The fourth-order valence-corrected chi connectivity index (χ4v) is 6.13. The van der Waals surface area contributed by atoms with Crippen LogP contribution in [0.2, 0.25) is 0 Å². The molecule has 2 bridgehead atoms. The molecule has 1 saturated heterocycles. The van der Waals surface area contributed by atoms with Gasteiger partial charge in [-0.3, -0.25) is 9.59 Å². The second-order valence-electron chi connectivity index (χ2n) is 9.53. The lowest BCUT2D eigenvalue weighted by atomic mass is 9.54. The number of nitrogens with zero attached hydrogens (tertiary/aromatic N) is 1. The van der Waals surface area contributed by atoms with Crippen LogP contribution in [0.1, 0.15) is 65.0 Å². The SMILES string of the molecule is Cc1cccc(N2C(=O)C3C4c5ccccc5C(c5cc(C(C)C)ccc54)C3C2=O)c1. The fraction of sp³-hybridized carbons (Fsp3) is 0.286. The van der Waals surface area contributed by atoms with Crippen molar-refractivity contribution in [2.75, 3.05) is 4.90 Å². The van der Waals surface area contributed by atoms with E-state index in [1.807, 2.05) is 31.2 Å². The van der Waals surface area contributed by atoms with E-state index < -0.39 is 0 Å². The first-order chi connectivity index (χ1) is 15.0. The largest absolute Gasteiger partial charge is 0.274 e. The second kappa shape index (κ2) is 6.40. The molecule has 0 N–H and O–H groups in total. The van der Waals surface area contributed by atoms with Crippen molar-refractivity contribution in [3.8, 4) is 0 Å². The summed E-state index contributed by atoms with van der Waals surface area (Å²) in [5.41, 5.74) is 7.92. The molecule has 3 aromatic carbocycles. The molecular formula is C28H25NO2. The molecule has 4 aliphatic rings. The van der Waals surface area contributed by atoms with E-state index in [2.05, 4.69) is 56.3 Å². The van der Waals surface area contributed by atoms with Gasteiger partial charge in [0.05, 0.1) is 17.5 Å². The van der Waals surface area contributed by atoms with Crippen molar-refractivity contribution in [2.24, 2.45) is 11.8 Å². The summed E-state index contributed by atoms with van der Waals surface area (Å²) in [6, 6.07) is 22.8. The minimum Gasteiger partial charge on any atom is -0.274 e. The summed E-state index contributed by atoms with van der Waals surface area (Å²) in [6.45, 7) is 6.39. The molecule has 4 atom stereocenters. The summed E-state index contributed by atoms with van der Waals surface area (Å²) in [6.07, 6.45) is 0. The van der Waals surface area contributed by atoms with E-state index >= 15 is 0 Å². The molecule has 1 fully saturated rings. The Hall–Kier alpha value is -3.20. The Kier molecular flexibility index (Phi) is 3.83. The van der Waals surface area contributed by atoms with E-state index in [0.29, 0.717) is 11.6 Å². The van der Waals surface area contributed by atoms with Crippen molar-refractivity contribution in [3.63, 3.8) is 0 Å². The average Bonchev–Trinajstić information content (AvgIpc) is 3.04. The molecule has 1 heterocycles. The van der Waals surface area contributed by atoms with E-state index in [-0.39, 0.29) is 35.5 Å². The number of hydrogen-bond donors (Lipinski definition) is 0. The average molecular weight is 408 g/mol. The predicted molar refractivity (Wildman–Crippen MR) is 121 cm³/mol. The van der Waals surface area contributed by atoms with Crippen molar-refractivity contribution < 1.29 is 9.59 Å². The Morgan fingerprint density at radius 1 is 0.710 bits per heavy atom. The minimum absolute atomic E-state index is 0.0503. The number of benzene rings is 3. The van der Waals surface area contributed by atoms with Gasteiger partial charge in [0.1, 0.15) is 0 Å². The zero-order valence-electron chi connectivity index (χ0n) is 18.0. The Morgan fingerprint density at radius 3 is 1.94 bits per heavy atom. The summed E-state index contributed by atoms with van der Waals surface area (Å²) in [5.74, 6) is -0.469. The van der Waals surface area contributed by atoms with Crippen LogP contribution in [0.25, 0.3) is 0 Å². The minimum atomic E-state index is -0.331. The van der Waals surface area contributed by atoms with E-state index in [1.54, 1.807) is 0 Å². The van der Waals surface area contributed by atoms with Crippen LogP contribution in [0.5, 0.6) is 0 Å². The molecule has 3 aliphatic carbocycles. The number of aryl methyl sites for hydroxylation is 1. The molecule has 0 saturated carbocycles. The Morgan fingerprint density at radius 2 is 1.32 bits per heavy atom. The van der Waals surface area contributed by atoms with E-state index in [4.69, 9.17) is 0 Å². The first kappa shape index (κ1) is 18.6. The lowest BCUT2D eigenvalue weighted by molar-refractivity contribution is -0.122. The van der Waals surface area contributed by atoms with Gasteiger partial charge in [-0.05, 0) is 58.4 Å². The van der Waals surface area contributed by atoms with Gasteiger partial charge in [-0.1, -0.05) is 68.4 Å². The lowest BCUT2D eigenvalue weighted by Gasteiger charge is -2.46. The molecule has 0 radical (unpaired) electrons. The van der Waals surface area contributed by atoms with Gasteiger partial charge < -0.3 is 0 Å². The van der Waals surface area contributed by atoms with E-state index in [1.165, 1.54) is 32.7 Å². The normalized spacial score (nSPS) is 25.6. The molecule has 154 valence electrons. The van der Waals surface area contributed by atoms with Crippen LogP contribution >= 0.6 is 0 Å². The Labute approximate surface area is 182 Å². The van der Waals surface area contributed by atoms with Crippen LogP contribution in [0, 0.1) is 18.8 Å². The number of rotatable bonds is 2. The van der Waals surface area contributed by atoms with E-state index in [9.17, 15) is 9.59 Å². The number of anilines is 1. The molecule has 3 heteroatoms. The topological polar surface area (TPSA) is 37.4 Å². The third kappa shape index (κ3) is 2.40. The van der Waals surface area contributed by atoms with Crippen molar-refractivity contribution in [2.45, 2.75) is 38.5 Å². The zero-order chi connectivity index (χ0) is 21.4. The van der Waals surface area contributed by atoms with Crippen LogP contribution < -0.4 is 4.90 Å². The van der Waals surface area contributed by atoms with Crippen LogP contribution in [-0.2, 0) is 9.59 Å². The molecular weight excluding hydrogens is 382 g/mol. The highest BCUT2D eigenvalue weighted by Crippen LogP contribution is 2.61. The zero-order valence-corrected chi connectivity index (χ0v) is 18.0. The van der Waals surface area contributed by atoms with Crippen molar-refractivity contribution in [1.82, 2.24) is 0 Å². The molecule has 0 spiro atoms. The highest BCUT2D eigenvalue weighted by molar-refractivity contribution is 6.23. The summed E-state index contributed by atoms with van der Waals surface area (Å²) in [7, 11) is 0. The van der Waals surface area contributed by atoms with Gasteiger partial charge >= 0.3 is 0 Å². The number of amides is 2. The van der Waals surface area contributed by atoms with E-state index in [0.717, 1.165) is 5.56 Å². The first-order valence-corrected chi connectivity index (χ1v) is 11.1.